The van der Waals surface area contributed by atoms with Crippen LogP contribution in [0.15, 0.2) is 18.2 Å². The van der Waals surface area contributed by atoms with Crippen molar-refractivity contribution in [2.75, 3.05) is 32.1 Å². The fraction of sp³-hybridized carbons (Fsp3) is 0.571. The first-order chi connectivity index (χ1) is 8.70. The number of anilines is 1. The van der Waals surface area contributed by atoms with E-state index in [2.05, 4.69) is 10.2 Å². The molecular formula is C14H21FN2O. The summed E-state index contributed by atoms with van der Waals surface area (Å²) in [5.74, 6) is 0.495. The number of nitrogens with zero attached hydrogens (tertiary/aromatic N) is 1. The minimum absolute atomic E-state index is 0.225. The van der Waals surface area contributed by atoms with E-state index in [1.165, 1.54) is 25.0 Å². The fourth-order valence-corrected chi connectivity index (χ4v) is 2.43. The first-order valence-corrected chi connectivity index (χ1v) is 6.49. The van der Waals surface area contributed by atoms with E-state index in [1.807, 2.05) is 7.05 Å². The number of nitrogens with one attached hydrogen (secondary N) is 1. The summed E-state index contributed by atoms with van der Waals surface area (Å²) < 4.78 is 18.6. The predicted octanol–water partition coefficient (Wildman–Crippen LogP) is 2.41. The zero-order valence-corrected chi connectivity index (χ0v) is 11.1. The van der Waals surface area contributed by atoms with Gasteiger partial charge in [0.2, 0.25) is 0 Å². The smallest absolute Gasteiger partial charge is 0.142 e. The van der Waals surface area contributed by atoms with Crippen molar-refractivity contribution >= 4 is 5.69 Å². The van der Waals surface area contributed by atoms with Gasteiger partial charge in [-0.05, 0) is 37.9 Å². The monoisotopic (exact) mass is 252 g/mol. The molecule has 1 aromatic carbocycles. The lowest BCUT2D eigenvalue weighted by Crippen LogP contribution is -2.28. The van der Waals surface area contributed by atoms with Crippen LogP contribution in [0.2, 0.25) is 0 Å². The van der Waals surface area contributed by atoms with Crippen molar-refractivity contribution in [1.82, 2.24) is 5.32 Å². The third-order valence-corrected chi connectivity index (χ3v) is 3.53. The third kappa shape index (κ3) is 3.13. The van der Waals surface area contributed by atoms with Crippen LogP contribution in [0.4, 0.5) is 10.1 Å². The van der Waals surface area contributed by atoms with Crippen LogP contribution in [0.1, 0.15) is 19.3 Å². The Kier molecular flexibility index (Phi) is 4.42. The molecule has 0 aliphatic carbocycles. The molecule has 0 amide bonds. The first-order valence-electron chi connectivity index (χ1n) is 6.49. The highest BCUT2D eigenvalue weighted by Crippen LogP contribution is 2.28. The van der Waals surface area contributed by atoms with Gasteiger partial charge in [-0.2, -0.15) is 0 Å². The van der Waals surface area contributed by atoms with Gasteiger partial charge in [0.1, 0.15) is 11.6 Å². The Bertz CT molecular complexity index is 391. The highest BCUT2D eigenvalue weighted by Gasteiger charge is 2.16. The number of methoxy groups -OCH3 is 1. The minimum atomic E-state index is -0.225. The number of benzene rings is 1. The third-order valence-electron chi connectivity index (χ3n) is 3.53. The highest BCUT2D eigenvalue weighted by molar-refractivity contribution is 5.58. The van der Waals surface area contributed by atoms with Crippen LogP contribution >= 0.6 is 0 Å². The lowest BCUT2D eigenvalue weighted by molar-refractivity contribution is 0.413. The second-order valence-electron chi connectivity index (χ2n) is 4.82. The molecule has 1 aliphatic heterocycles. The average Bonchev–Trinajstić information content (AvgIpc) is 2.89. The van der Waals surface area contributed by atoms with Crippen LogP contribution in [0.25, 0.3) is 0 Å². The van der Waals surface area contributed by atoms with Gasteiger partial charge in [0, 0.05) is 25.7 Å². The largest absolute Gasteiger partial charge is 0.495 e. The van der Waals surface area contributed by atoms with Gasteiger partial charge in [0.05, 0.1) is 12.8 Å². The molecule has 1 fully saturated rings. The van der Waals surface area contributed by atoms with Crippen molar-refractivity contribution in [1.29, 1.82) is 0 Å². The molecular weight excluding hydrogens is 231 g/mol. The van der Waals surface area contributed by atoms with Crippen molar-refractivity contribution in [3.05, 3.63) is 24.0 Å². The summed E-state index contributed by atoms with van der Waals surface area (Å²) in [4.78, 5) is 2.06. The molecule has 4 heteroatoms. The lowest BCUT2D eigenvalue weighted by Gasteiger charge is -2.23. The number of hydrogen-bond acceptors (Lipinski definition) is 3. The van der Waals surface area contributed by atoms with Crippen molar-refractivity contribution in [3.63, 3.8) is 0 Å². The van der Waals surface area contributed by atoms with Gasteiger partial charge in [0.25, 0.3) is 0 Å². The molecule has 0 radical (unpaired) electrons. The quantitative estimate of drug-likeness (QED) is 0.871. The molecule has 1 unspecified atom stereocenters. The normalized spacial score (nSPS) is 18.9. The Balaban J connectivity index is 1.98. The van der Waals surface area contributed by atoms with Gasteiger partial charge in [-0.3, -0.25) is 0 Å². The number of ether oxygens (including phenoxy) is 1. The summed E-state index contributed by atoms with van der Waals surface area (Å²) in [6.45, 7) is 2.02. The summed E-state index contributed by atoms with van der Waals surface area (Å²) in [5, 5.41) is 3.47. The van der Waals surface area contributed by atoms with E-state index in [1.54, 1.807) is 13.2 Å². The van der Waals surface area contributed by atoms with Crippen molar-refractivity contribution in [2.45, 2.75) is 25.3 Å². The number of rotatable bonds is 5. The highest BCUT2D eigenvalue weighted by atomic mass is 19.1. The second-order valence-corrected chi connectivity index (χ2v) is 4.82. The van der Waals surface area contributed by atoms with Crippen LogP contribution in [0.5, 0.6) is 5.75 Å². The molecule has 100 valence electrons. The Morgan fingerprint density at radius 1 is 1.50 bits per heavy atom. The van der Waals surface area contributed by atoms with E-state index in [9.17, 15) is 4.39 Å². The van der Waals surface area contributed by atoms with E-state index >= 15 is 0 Å². The molecule has 1 N–H and O–H groups in total. The molecule has 0 aromatic heterocycles. The Labute approximate surface area is 108 Å². The lowest BCUT2D eigenvalue weighted by atomic mass is 10.1. The molecule has 1 aliphatic rings. The second kappa shape index (κ2) is 6.05. The van der Waals surface area contributed by atoms with Gasteiger partial charge in [0.15, 0.2) is 0 Å². The Morgan fingerprint density at radius 3 is 3.00 bits per heavy atom. The van der Waals surface area contributed by atoms with Crippen molar-refractivity contribution in [3.8, 4) is 5.75 Å². The Morgan fingerprint density at radius 2 is 2.33 bits per heavy atom. The summed E-state index contributed by atoms with van der Waals surface area (Å²) in [5.41, 5.74) is 0.815. The van der Waals surface area contributed by atoms with Crippen molar-refractivity contribution in [2.24, 2.45) is 0 Å². The molecule has 0 spiro atoms. The maximum absolute atomic E-state index is 13.3. The van der Waals surface area contributed by atoms with Crippen LogP contribution in [0.3, 0.4) is 0 Å². The van der Waals surface area contributed by atoms with E-state index in [0.717, 1.165) is 30.9 Å². The molecule has 3 nitrogen and oxygen atoms in total. The maximum Gasteiger partial charge on any atom is 0.142 e. The minimum Gasteiger partial charge on any atom is -0.495 e. The summed E-state index contributed by atoms with van der Waals surface area (Å²) in [7, 11) is 3.59. The number of hydrogen-bond donors (Lipinski definition) is 1. The van der Waals surface area contributed by atoms with E-state index in [-0.39, 0.29) is 5.82 Å². The molecule has 1 saturated heterocycles. The predicted molar refractivity (Wildman–Crippen MR) is 71.9 cm³/mol. The SMILES string of the molecule is COc1ccc(F)cc1N(C)CCC1CCCN1. The maximum atomic E-state index is 13.3. The summed E-state index contributed by atoms with van der Waals surface area (Å²) >= 11 is 0. The van der Waals surface area contributed by atoms with Crippen LogP contribution in [-0.2, 0) is 0 Å². The molecule has 1 aromatic rings. The van der Waals surface area contributed by atoms with E-state index in [4.69, 9.17) is 4.74 Å². The molecule has 18 heavy (non-hydrogen) atoms. The Hall–Kier alpha value is -1.29. The summed E-state index contributed by atoms with van der Waals surface area (Å²) in [6, 6.07) is 5.23. The molecule has 0 bridgehead atoms. The molecule has 0 saturated carbocycles. The van der Waals surface area contributed by atoms with Gasteiger partial charge in [-0.1, -0.05) is 0 Å². The topological polar surface area (TPSA) is 24.5 Å². The van der Waals surface area contributed by atoms with Crippen LogP contribution in [0, 0.1) is 5.82 Å². The first kappa shape index (κ1) is 13.1. The van der Waals surface area contributed by atoms with E-state index in [0.29, 0.717) is 6.04 Å². The molecule has 1 heterocycles. The molecule has 1 atom stereocenters. The zero-order chi connectivity index (χ0) is 13.0. The van der Waals surface area contributed by atoms with Crippen molar-refractivity contribution < 1.29 is 9.13 Å². The van der Waals surface area contributed by atoms with Gasteiger partial charge < -0.3 is 15.0 Å². The molecule has 2 rings (SSSR count). The zero-order valence-electron chi connectivity index (χ0n) is 11.1. The fourth-order valence-electron chi connectivity index (χ4n) is 2.43. The van der Waals surface area contributed by atoms with Crippen LogP contribution < -0.4 is 15.0 Å². The van der Waals surface area contributed by atoms with E-state index < -0.39 is 0 Å². The standard InChI is InChI=1S/C14H21FN2O/c1-17(9-7-12-4-3-8-16-12)13-10-11(15)5-6-14(13)18-2/h5-6,10,12,16H,3-4,7-9H2,1-2H3. The van der Waals surface area contributed by atoms with Gasteiger partial charge in [-0.15, -0.1) is 0 Å². The van der Waals surface area contributed by atoms with Gasteiger partial charge in [-0.25, -0.2) is 4.39 Å². The van der Waals surface area contributed by atoms with Crippen LogP contribution in [-0.4, -0.2) is 33.3 Å². The average molecular weight is 252 g/mol. The van der Waals surface area contributed by atoms with Gasteiger partial charge >= 0.3 is 0 Å². The summed E-state index contributed by atoms with van der Waals surface area (Å²) in [6.07, 6.45) is 3.59. The number of halogens is 1.